The molecule has 0 unspecified atom stereocenters. The van der Waals surface area contributed by atoms with Crippen LogP contribution in [0.3, 0.4) is 0 Å². The average molecular weight is 319 g/mol. The standard InChI is InChI=1S/C15H16N2O4S/c1-9(14(19)20)21-11-6-4-10(5-7-11)8-12-13(18)17(3)15(16-2)22-12/h4-9H,1-3H3,(H,19,20)/p-1/b12-8+,16-15?/t9-/m1/s1. The molecular formula is C15H15N2O4S-. The SMILES string of the molecule is CN=C1S/C(=C/c2ccc(O[C@H](C)C(=O)[O-])cc2)C(=O)N1C. The largest absolute Gasteiger partial charge is 0.546 e. The molecule has 1 saturated heterocycles. The Morgan fingerprint density at radius 1 is 1.41 bits per heavy atom. The number of carboxylic acid groups (broad SMARTS) is 1. The van der Waals surface area contributed by atoms with Crippen LogP contribution in [-0.2, 0) is 9.59 Å². The van der Waals surface area contributed by atoms with Gasteiger partial charge in [-0.15, -0.1) is 0 Å². The Balaban J connectivity index is 2.13. The van der Waals surface area contributed by atoms with E-state index >= 15 is 0 Å². The molecule has 2 rings (SSSR count). The van der Waals surface area contributed by atoms with Gasteiger partial charge < -0.3 is 14.6 Å². The Bertz CT molecular complexity index is 652. The second kappa shape index (κ2) is 6.65. The number of carbonyl (C=O) groups excluding carboxylic acids is 2. The van der Waals surface area contributed by atoms with E-state index in [1.165, 1.54) is 23.6 Å². The van der Waals surface area contributed by atoms with E-state index in [-0.39, 0.29) is 5.91 Å². The summed E-state index contributed by atoms with van der Waals surface area (Å²) in [7, 11) is 3.32. The number of nitrogens with zero attached hydrogens (tertiary/aromatic N) is 2. The maximum atomic E-state index is 12.0. The van der Waals surface area contributed by atoms with Crippen molar-refractivity contribution >= 4 is 34.9 Å². The van der Waals surface area contributed by atoms with E-state index in [1.54, 1.807) is 44.4 Å². The summed E-state index contributed by atoms with van der Waals surface area (Å²) in [5, 5.41) is 11.3. The van der Waals surface area contributed by atoms with Gasteiger partial charge in [-0.1, -0.05) is 12.1 Å². The molecule has 1 aliphatic heterocycles. The molecule has 0 radical (unpaired) electrons. The van der Waals surface area contributed by atoms with Crippen molar-refractivity contribution in [3.8, 4) is 5.75 Å². The highest BCUT2D eigenvalue weighted by molar-refractivity contribution is 8.18. The monoisotopic (exact) mass is 319 g/mol. The molecule has 0 aromatic heterocycles. The second-order valence-electron chi connectivity index (χ2n) is 4.63. The molecular weight excluding hydrogens is 304 g/mol. The fourth-order valence-electron chi connectivity index (χ4n) is 1.80. The fourth-order valence-corrected chi connectivity index (χ4v) is 2.72. The van der Waals surface area contributed by atoms with Crippen LogP contribution in [0.25, 0.3) is 6.08 Å². The number of likely N-dealkylation sites (N-methyl/N-ethyl adjacent to an activating group) is 1. The van der Waals surface area contributed by atoms with Crippen LogP contribution in [-0.4, -0.2) is 42.1 Å². The Kier molecular flexibility index (Phi) is 4.87. The Morgan fingerprint density at radius 2 is 2.05 bits per heavy atom. The van der Waals surface area contributed by atoms with Gasteiger partial charge >= 0.3 is 0 Å². The molecule has 6 nitrogen and oxygen atoms in total. The molecule has 0 aliphatic carbocycles. The number of carbonyl (C=O) groups is 2. The molecule has 1 amide bonds. The molecule has 1 aromatic carbocycles. The number of aliphatic carboxylic acids is 1. The Labute approximate surface area is 132 Å². The van der Waals surface area contributed by atoms with Gasteiger partial charge in [-0.25, -0.2) is 0 Å². The number of amidine groups is 1. The van der Waals surface area contributed by atoms with E-state index in [0.717, 1.165) is 5.56 Å². The minimum Gasteiger partial charge on any atom is -0.546 e. The lowest BCUT2D eigenvalue weighted by atomic mass is 10.2. The molecule has 0 saturated carbocycles. The number of hydrogen-bond donors (Lipinski definition) is 0. The number of amides is 1. The number of rotatable bonds is 4. The highest BCUT2D eigenvalue weighted by atomic mass is 32.2. The van der Waals surface area contributed by atoms with Crippen LogP contribution in [0.15, 0.2) is 34.2 Å². The maximum absolute atomic E-state index is 12.0. The topological polar surface area (TPSA) is 82.0 Å². The maximum Gasteiger partial charge on any atom is 0.266 e. The van der Waals surface area contributed by atoms with Crippen LogP contribution >= 0.6 is 11.8 Å². The van der Waals surface area contributed by atoms with Gasteiger partial charge in [0.2, 0.25) is 0 Å². The highest BCUT2D eigenvalue weighted by Crippen LogP contribution is 2.31. The van der Waals surface area contributed by atoms with Crippen molar-refractivity contribution in [1.82, 2.24) is 4.90 Å². The summed E-state index contributed by atoms with van der Waals surface area (Å²) in [6.45, 7) is 1.40. The van der Waals surface area contributed by atoms with Crippen molar-refractivity contribution in [1.29, 1.82) is 0 Å². The van der Waals surface area contributed by atoms with Gasteiger partial charge in [-0.05, 0) is 42.5 Å². The molecule has 0 spiro atoms. The number of hydrogen-bond acceptors (Lipinski definition) is 6. The molecule has 0 N–H and O–H groups in total. The van der Waals surface area contributed by atoms with Crippen LogP contribution in [0, 0.1) is 0 Å². The summed E-state index contributed by atoms with van der Waals surface area (Å²) in [5.74, 6) is -0.942. The summed E-state index contributed by atoms with van der Waals surface area (Å²) in [6, 6.07) is 6.79. The predicted octanol–water partition coefficient (Wildman–Crippen LogP) is 0.736. The molecule has 1 atom stereocenters. The van der Waals surface area contributed by atoms with E-state index < -0.39 is 12.1 Å². The Morgan fingerprint density at radius 3 is 2.55 bits per heavy atom. The lowest BCUT2D eigenvalue weighted by molar-refractivity contribution is -0.312. The number of benzene rings is 1. The van der Waals surface area contributed by atoms with Crippen molar-refractivity contribution in [3.63, 3.8) is 0 Å². The van der Waals surface area contributed by atoms with Gasteiger partial charge in [0.1, 0.15) is 11.9 Å². The van der Waals surface area contributed by atoms with E-state index in [9.17, 15) is 14.7 Å². The molecule has 7 heteroatoms. The van der Waals surface area contributed by atoms with Crippen LogP contribution in [0.2, 0.25) is 0 Å². The van der Waals surface area contributed by atoms with Crippen LogP contribution < -0.4 is 9.84 Å². The first-order valence-electron chi connectivity index (χ1n) is 6.54. The minimum atomic E-state index is -1.27. The lowest BCUT2D eigenvalue weighted by Gasteiger charge is -2.15. The van der Waals surface area contributed by atoms with Crippen molar-refractivity contribution in [2.75, 3.05) is 14.1 Å². The van der Waals surface area contributed by atoms with Crippen LogP contribution in [0.5, 0.6) is 5.75 Å². The summed E-state index contributed by atoms with van der Waals surface area (Å²) in [6.07, 6.45) is 0.737. The third-order valence-corrected chi connectivity index (χ3v) is 4.17. The van der Waals surface area contributed by atoms with Crippen molar-refractivity contribution in [3.05, 3.63) is 34.7 Å². The van der Waals surface area contributed by atoms with Crippen LogP contribution in [0.4, 0.5) is 0 Å². The summed E-state index contributed by atoms with van der Waals surface area (Å²) in [5.41, 5.74) is 0.815. The molecule has 1 aliphatic rings. The first-order valence-corrected chi connectivity index (χ1v) is 7.36. The number of aliphatic imine (C=N–C) groups is 1. The van der Waals surface area contributed by atoms with Gasteiger partial charge in [0.15, 0.2) is 5.17 Å². The third kappa shape index (κ3) is 3.48. The predicted molar refractivity (Wildman–Crippen MR) is 83.2 cm³/mol. The van der Waals surface area contributed by atoms with Crippen molar-refractivity contribution in [2.24, 2.45) is 4.99 Å². The normalized spacial score (nSPS) is 19.8. The van der Waals surface area contributed by atoms with Crippen molar-refractivity contribution in [2.45, 2.75) is 13.0 Å². The summed E-state index contributed by atoms with van der Waals surface area (Å²) >= 11 is 1.31. The van der Waals surface area contributed by atoms with Crippen molar-refractivity contribution < 1.29 is 19.4 Å². The average Bonchev–Trinajstić information content (AvgIpc) is 2.77. The molecule has 0 bridgehead atoms. The highest BCUT2D eigenvalue weighted by Gasteiger charge is 2.29. The zero-order valence-electron chi connectivity index (χ0n) is 12.4. The smallest absolute Gasteiger partial charge is 0.266 e. The quantitative estimate of drug-likeness (QED) is 0.764. The summed E-state index contributed by atoms with van der Waals surface area (Å²) in [4.78, 5) is 28.8. The van der Waals surface area contributed by atoms with E-state index in [1.807, 2.05) is 0 Å². The number of carboxylic acids is 1. The zero-order valence-corrected chi connectivity index (χ0v) is 13.2. The molecule has 1 aromatic rings. The summed E-state index contributed by atoms with van der Waals surface area (Å²) < 4.78 is 5.19. The van der Waals surface area contributed by atoms with Gasteiger partial charge in [-0.2, -0.15) is 0 Å². The van der Waals surface area contributed by atoms with E-state index in [0.29, 0.717) is 15.8 Å². The molecule has 1 fully saturated rings. The number of ether oxygens (including phenoxy) is 1. The minimum absolute atomic E-state index is 0.100. The Hall–Kier alpha value is -2.28. The first-order chi connectivity index (χ1) is 10.4. The third-order valence-electron chi connectivity index (χ3n) is 3.02. The lowest BCUT2D eigenvalue weighted by Crippen LogP contribution is -2.37. The van der Waals surface area contributed by atoms with E-state index in [4.69, 9.17) is 4.74 Å². The molecule has 22 heavy (non-hydrogen) atoms. The van der Waals surface area contributed by atoms with E-state index in [2.05, 4.69) is 4.99 Å². The zero-order chi connectivity index (χ0) is 16.3. The van der Waals surface area contributed by atoms with Gasteiger partial charge in [0, 0.05) is 14.1 Å². The van der Waals surface area contributed by atoms with Gasteiger partial charge in [-0.3, -0.25) is 14.7 Å². The van der Waals surface area contributed by atoms with Gasteiger partial charge in [0.25, 0.3) is 5.91 Å². The fraction of sp³-hybridized carbons (Fsp3) is 0.267. The molecule has 116 valence electrons. The first kappa shape index (κ1) is 16.1. The molecule has 1 heterocycles. The van der Waals surface area contributed by atoms with Crippen LogP contribution in [0.1, 0.15) is 12.5 Å². The number of thioether (sulfide) groups is 1. The second-order valence-corrected chi connectivity index (χ2v) is 5.64. The van der Waals surface area contributed by atoms with Gasteiger partial charge in [0.05, 0.1) is 10.9 Å².